The van der Waals surface area contributed by atoms with Gasteiger partial charge in [-0.3, -0.25) is 14.9 Å². The van der Waals surface area contributed by atoms with Crippen LogP contribution in [-0.4, -0.2) is 39.5 Å². The summed E-state index contributed by atoms with van der Waals surface area (Å²) in [6.45, 7) is 0.597. The summed E-state index contributed by atoms with van der Waals surface area (Å²) in [6, 6.07) is 12.9. The molecule has 1 aromatic carbocycles. The van der Waals surface area contributed by atoms with E-state index < -0.39 is 6.04 Å². The highest BCUT2D eigenvalue weighted by atomic mass is 32.1. The number of hydrogen-bond donors (Lipinski definition) is 1. The van der Waals surface area contributed by atoms with Gasteiger partial charge in [-0.2, -0.15) is 0 Å². The largest absolute Gasteiger partial charge is 0.326 e. The molecule has 2 amide bonds. The summed E-state index contributed by atoms with van der Waals surface area (Å²) < 4.78 is 0. The highest BCUT2D eigenvalue weighted by Crippen LogP contribution is 2.27. The molecule has 2 aromatic heterocycles. The number of thiophene rings is 1. The van der Waals surface area contributed by atoms with Gasteiger partial charge >= 0.3 is 0 Å². The molecule has 1 aliphatic rings. The molecule has 0 spiro atoms. The third-order valence-electron chi connectivity index (χ3n) is 4.22. The normalized spacial score (nSPS) is 16.6. The molecule has 6 nitrogen and oxygen atoms in total. The van der Waals surface area contributed by atoms with E-state index in [0.717, 1.165) is 17.0 Å². The molecule has 1 atom stereocenters. The predicted molar refractivity (Wildman–Crippen MR) is 102 cm³/mol. The smallest absolute Gasteiger partial charge is 0.264 e. The van der Waals surface area contributed by atoms with Gasteiger partial charge in [0.15, 0.2) is 0 Å². The Hall–Kier alpha value is -2.58. The van der Waals surface area contributed by atoms with E-state index in [1.165, 1.54) is 22.7 Å². The Morgan fingerprint density at radius 3 is 2.73 bits per heavy atom. The number of nitrogens with zero attached hydrogens (tertiary/aromatic N) is 3. The van der Waals surface area contributed by atoms with Crippen molar-refractivity contribution in [1.82, 2.24) is 15.1 Å². The first kappa shape index (κ1) is 16.9. The van der Waals surface area contributed by atoms with Gasteiger partial charge in [0.2, 0.25) is 11.0 Å². The SMILES string of the molecule is O=C(Nc1nnc(-c2ccccc2)s1)C1CCCN1C(=O)c1cccs1. The van der Waals surface area contributed by atoms with Crippen LogP contribution in [0.4, 0.5) is 5.13 Å². The maximum atomic E-state index is 12.7. The van der Waals surface area contributed by atoms with Gasteiger partial charge in [-0.1, -0.05) is 47.7 Å². The Bertz CT molecular complexity index is 908. The van der Waals surface area contributed by atoms with Gasteiger partial charge < -0.3 is 4.90 Å². The van der Waals surface area contributed by atoms with Gasteiger partial charge in [-0.15, -0.1) is 21.5 Å². The zero-order chi connectivity index (χ0) is 17.9. The number of amides is 2. The van der Waals surface area contributed by atoms with E-state index in [9.17, 15) is 9.59 Å². The van der Waals surface area contributed by atoms with Gasteiger partial charge in [-0.25, -0.2) is 0 Å². The molecule has 1 fully saturated rings. The molecule has 0 radical (unpaired) electrons. The number of anilines is 1. The molecule has 0 aliphatic carbocycles. The standard InChI is InChI=1S/C18H16N4O2S2/c23-15(13-8-4-10-22(13)17(24)14-9-5-11-25-14)19-18-21-20-16(26-18)12-6-2-1-3-7-12/h1-3,5-7,9,11,13H,4,8,10H2,(H,19,21,23). The van der Waals surface area contributed by atoms with Crippen LogP contribution >= 0.6 is 22.7 Å². The lowest BCUT2D eigenvalue weighted by molar-refractivity contribution is -0.119. The first-order chi connectivity index (χ1) is 12.7. The zero-order valence-corrected chi connectivity index (χ0v) is 15.4. The Labute approximate surface area is 158 Å². The Kier molecular flexibility index (Phi) is 4.77. The van der Waals surface area contributed by atoms with Crippen molar-refractivity contribution in [3.8, 4) is 10.6 Å². The van der Waals surface area contributed by atoms with Crippen molar-refractivity contribution >= 4 is 39.6 Å². The van der Waals surface area contributed by atoms with E-state index in [2.05, 4.69) is 15.5 Å². The fourth-order valence-corrected chi connectivity index (χ4v) is 4.41. The number of nitrogens with one attached hydrogen (secondary N) is 1. The number of aromatic nitrogens is 2. The van der Waals surface area contributed by atoms with Gasteiger partial charge in [0, 0.05) is 12.1 Å². The second kappa shape index (κ2) is 7.35. The van der Waals surface area contributed by atoms with Crippen LogP contribution in [0.2, 0.25) is 0 Å². The van der Waals surface area contributed by atoms with Crippen molar-refractivity contribution in [1.29, 1.82) is 0 Å². The maximum absolute atomic E-state index is 12.7. The minimum absolute atomic E-state index is 0.0834. The molecular formula is C18H16N4O2S2. The zero-order valence-electron chi connectivity index (χ0n) is 13.8. The highest BCUT2D eigenvalue weighted by Gasteiger charge is 2.35. The number of benzene rings is 1. The third-order valence-corrected chi connectivity index (χ3v) is 5.97. The van der Waals surface area contributed by atoms with Gasteiger partial charge in [0.05, 0.1) is 4.88 Å². The lowest BCUT2D eigenvalue weighted by Gasteiger charge is -2.22. The van der Waals surface area contributed by atoms with Crippen molar-refractivity contribution in [2.24, 2.45) is 0 Å². The second-order valence-electron chi connectivity index (χ2n) is 5.90. The summed E-state index contributed by atoms with van der Waals surface area (Å²) in [6.07, 6.45) is 1.48. The summed E-state index contributed by atoms with van der Waals surface area (Å²) in [5, 5.41) is 14.1. The van der Waals surface area contributed by atoms with Gasteiger partial charge in [0.25, 0.3) is 5.91 Å². The molecule has 3 heterocycles. The first-order valence-corrected chi connectivity index (χ1v) is 9.96. The van der Waals surface area contributed by atoms with Crippen LogP contribution in [0, 0.1) is 0 Å². The molecule has 0 saturated carbocycles. The van der Waals surface area contributed by atoms with Crippen LogP contribution in [0.5, 0.6) is 0 Å². The highest BCUT2D eigenvalue weighted by molar-refractivity contribution is 7.18. The van der Waals surface area contributed by atoms with Crippen LogP contribution in [0.15, 0.2) is 47.8 Å². The topological polar surface area (TPSA) is 75.2 Å². The van der Waals surface area contributed by atoms with Gasteiger partial charge in [-0.05, 0) is 24.3 Å². The van der Waals surface area contributed by atoms with E-state index in [0.29, 0.717) is 23.0 Å². The Morgan fingerprint density at radius 1 is 1.12 bits per heavy atom. The van der Waals surface area contributed by atoms with E-state index >= 15 is 0 Å². The number of carbonyl (C=O) groups excluding carboxylic acids is 2. The predicted octanol–water partition coefficient (Wildman–Crippen LogP) is 3.51. The van der Waals surface area contributed by atoms with Gasteiger partial charge in [0.1, 0.15) is 11.0 Å². The van der Waals surface area contributed by atoms with Crippen LogP contribution in [0.3, 0.4) is 0 Å². The summed E-state index contributed by atoms with van der Waals surface area (Å²) >= 11 is 2.72. The third kappa shape index (κ3) is 3.38. The molecule has 132 valence electrons. The lowest BCUT2D eigenvalue weighted by atomic mass is 10.2. The maximum Gasteiger partial charge on any atom is 0.264 e. The second-order valence-corrected chi connectivity index (χ2v) is 7.83. The summed E-state index contributed by atoms with van der Waals surface area (Å²) in [7, 11) is 0. The van der Waals surface area contributed by atoms with Crippen molar-refractivity contribution in [3.05, 3.63) is 52.7 Å². The molecule has 1 N–H and O–H groups in total. The average molecular weight is 384 g/mol. The number of rotatable bonds is 4. The van der Waals surface area contributed by atoms with E-state index in [1.807, 2.05) is 41.8 Å². The van der Waals surface area contributed by atoms with Crippen LogP contribution in [-0.2, 0) is 4.79 Å². The number of carbonyl (C=O) groups is 2. The van der Waals surface area contributed by atoms with Crippen molar-refractivity contribution in [3.63, 3.8) is 0 Å². The van der Waals surface area contributed by atoms with Crippen LogP contribution < -0.4 is 5.32 Å². The van der Waals surface area contributed by atoms with Crippen molar-refractivity contribution in [2.45, 2.75) is 18.9 Å². The quantitative estimate of drug-likeness (QED) is 0.747. The minimum Gasteiger partial charge on any atom is -0.326 e. The van der Waals surface area contributed by atoms with E-state index in [-0.39, 0.29) is 11.8 Å². The molecule has 1 unspecified atom stereocenters. The Balaban J connectivity index is 1.46. The molecule has 1 aliphatic heterocycles. The molecule has 1 saturated heterocycles. The summed E-state index contributed by atoms with van der Waals surface area (Å²) in [5.41, 5.74) is 0.959. The number of hydrogen-bond acceptors (Lipinski definition) is 6. The van der Waals surface area contributed by atoms with Crippen LogP contribution in [0.25, 0.3) is 10.6 Å². The summed E-state index contributed by atoms with van der Waals surface area (Å²) in [4.78, 5) is 27.6. The summed E-state index contributed by atoms with van der Waals surface area (Å²) in [5.74, 6) is -0.289. The first-order valence-electron chi connectivity index (χ1n) is 8.26. The minimum atomic E-state index is -0.464. The van der Waals surface area contributed by atoms with Crippen LogP contribution in [0.1, 0.15) is 22.5 Å². The monoisotopic (exact) mass is 384 g/mol. The molecule has 8 heteroatoms. The lowest BCUT2D eigenvalue weighted by Crippen LogP contribution is -2.42. The Morgan fingerprint density at radius 2 is 1.96 bits per heavy atom. The molecule has 26 heavy (non-hydrogen) atoms. The van der Waals surface area contributed by atoms with Crippen molar-refractivity contribution < 1.29 is 9.59 Å². The van der Waals surface area contributed by atoms with E-state index in [1.54, 1.807) is 11.0 Å². The fraction of sp³-hybridized carbons (Fsp3) is 0.222. The molecule has 0 bridgehead atoms. The average Bonchev–Trinajstić information content (AvgIpc) is 3.42. The van der Waals surface area contributed by atoms with Crippen molar-refractivity contribution in [2.75, 3.05) is 11.9 Å². The molecule has 3 aromatic rings. The fourth-order valence-electron chi connectivity index (χ4n) is 2.98. The molecular weight excluding hydrogens is 368 g/mol. The molecule has 4 rings (SSSR count). The number of likely N-dealkylation sites (tertiary alicyclic amines) is 1. The van der Waals surface area contributed by atoms with E-state index in [4.69, 9.17) is 0 Å².